The van der Waals surface area contributed by atoms with Gasteiger partial charge in [-0.3, -0.25) is 4.79 Å². The summed E-state index contributed by atoms with van der Waals surface area (Å²) in [5, 5.41) is 12.9. The smallest absolute Gasteiger partial charge is 0.241 e. The largest absolute Gasteiger partial charge is 0.497 e. The topological polar surface area (TPSA) is 85.0 Å². The highest BCUT2D eigenvalue weighted by Gasteiger charge is 2.22. The number of nitrogens with two attached hydrogens (primary N) is 1. The molecule has 0 saturated carbocycles. The maximum atomic E-state index is 10.9. The van der Waals surface area contributed by atoms with Crippen LogP contribution in [0.3, 0.4) is 0 Å². The van der Waals surface area contributed by atoms with Gasteiger partial charge in [0, 0.05) is 12.6 Å². The first kappa shape index (κ1) is 24.9. The molecule has 0 aliphatic carbocycles. The number of hydrogen-bond donors (Lipinski definition) is 2. The average Bonchev–Trinajstić information content (AvgIpc) is 2.87. The molecule has 35 heavy (non-hydrogen) atoms. The lowest BCUT2D eigenvalue weighted by molar-refractivity contribution is -0.113. The zero-order chi connectivity index (χ0) is 24.6. The summed E-state index contributed by atoms with van der Waals surface area (Å²) in [5.41, 5.74) is 8.41. The molecule has 0 aromatic heterocycles. The van der Waals surface area contributed by atoms with Gasteiger partial charge >= 0.3 is 0 Å². The van der Waals surface area contributed by atoms with Crippen molar-refractivity contribution in [2.45, 2.75) is 31.5 Å². The molecule has 0 spiro atoms. The molecule has 1 fully saturated rings. The molecule has 1 aliphatic heterocycles. The Morgan fingerprint density at radius 2 is 1.89 bits per heavy atom. The van der Waals surface area contributed by atoms with Crippen molar-refractivity contribution in [3.8, 4) is 5.75 Å². The zero-order valence-electron chi connectivity index (χ0n) is 20.2. The Morgan fingerprint density at radius 1 is 1.11 bits per heavy atom. The molecule has 3 aromatic rings. The van der Waals surface area contributed by atoms with Gasteiger partial charge in [-0.05, 0) is 83.6 Å². The number of ether oxygens (including phenoxy) is 2. The van der Waals surface area contributed by atoms with Crippen LogP contribution >= 0.6 is 0 Å². The summed E-state index contributed by atoms with van der Waals surface area (Å²) < 4.78 is 11.1. The molecule has 1 saturated heterocycles. The number of aliphatic hydroxyl groups is 1. The van der Waals surface area contributed by atoms with Crippen molar-refractivity contribution in [3.63, 3.8) is 0 Å². The zero-order valence-corrected chi connectivity index (χ0v) is 20.2. The van der Waals surface area contributed by atoms with Gasteiger partial charge in [0.15, 0.2) is 0 Å². The summed E-state index contributed by atoms with van der Waals surface area (Å²) in [6, 6.07) is 20.6. The summed E-state index contributed by atoms with van der Waals surface area (Å²) in [4.78, 5) is 13.2. The molecule has 1 aliphatic rings. The predicted octanol–water partition coefficient (Wildman–Crippen LogP) is 4.10. The number of carbonyl (C=O) groups excluding carboxylic acids is 1. The van der Waals surface area contributed by atoms with Crippen molar-refractivity contribution in [1.82, 2.24) is 4.90 Å². The van der Waals surface area contributed by atoms with E-state index in [1.54, 1.807) is 13.2 Å². The van der Waals surface area contributed by atoms with Crippen LogP contribution in [0.4, 0.5) is 0 Å². The Balaban J connectivity index is 1.21. The van der Waals surface area contributed by atoms with Gasteiger partial charge < -0.3 is 25.2 Å². The molecule has 6 nitrogen and oxygen atoms in total. The minimum absolute atomic E-state index is 0.287. The van der Waals surface area contributed by atoms with Crippen molar-refractivity contribution in [1.29, 1.82) is 0 Å². The Morgan fingerprint density at radius 3 is 2.66 bits per heavy atom. The summed E-state index contributed by atoms with van der Waals surface area (Å²) in [6.45, 7) is 3.25. The number of carbonyl (C=O) groups is 1. The number of amides is 1. The lowest BCUT2D eigenvalue weighted by Crippen LogP contribution is -2.39. The number of rotatable bonds is 10. The lowest BCUT2D eigenvalue weighted by atomic mass is 9.88. The molecule has 3 aromatic carbocycles. The number of likely N-dealkylation sites (tertiary alicyclic amines) is 1. The van der Waals surface area contributed by atoms with Crippen molar-refractivity contribution in [2.75, 3.05) is 33.4 Å². The average molecular weight is 475 g/mol. The Bertz CT molecular complexity index is 1170. The summed E-state index contributed by atoms with van der Waals surface area (Å²) >= 11 is 0. The molecule has 0 radical (unpaired) electrons. The van der Waals surface area contributed by atoms with E-state index in [-0.39, 0.29) is 6.61 Å². The quantitative estimate of drug-likeness (QED) is 0.432. The van der Waals surface area contributed by atoms with E-state index in [9.17, 15) is 9.90 Å². The fourth-order valence-electron chi connectivity index (χ4n) is 4.70. The van der Waals surface area contributed by atoms with E-state index in [4.69, 9.17) is 15.2 Å². The summed E-state index contributed by atoms with van der Waals surface area (Å²) in [6.07, 6.45) is 4.66. The Labute approximate surface area is 207 Å². The minimum atomic E-state index is -0.528. The number of β-amino-alcohol motifs (C(OH)–C–C–N with tert-alkyl or cyclic N) is 1. The Hall–Kier alpha value is -3.19. The lowest BCUT2D eigenvalue weighted by Gasteiger charge is -2.33. The number of benzene rings is 3. The van der Waals surface area contributed by atoms with Crippen molar-refractivity contribution >= 4 is 22.8 Å². The maximum absolute atomic E-state index is 10.9. The van der Waals surface area contributed by atoms with Crippen LogP contribution in [-0.2, 0) is 16.1 Å². The summed E-state index contributed by atoms with van der Waals surface area (Å²) in [5.74, 6) is 0.950. The van der Waals surface area contributed by atoms with Crippen LogP contribution in [0.15, 0.2) is 66.7 Å². The third-order valence-electron chi connectivity index (χ3n) is 6.57. The molecule has 1 atom stereocenters. The van der Waals surface area contributed by atoms with E-state index in [0.29, 0.717) is 19.1 Å². The molecular formula is C29H34N2O4. The van der Waals surface area contributed by atoms with Gasteiger partial charge in [-0.1, -0.05) is 42.5 Å². The molecule has 0 bridgehead atoms. The second-order valence-corrected chi connectivity index (χ2v) is 9.20. The second kappa shape index (κ2) is 12.0. The molecule has 6 heteroatoms. The van der Waals surface area contributed by atoms with Crippen LogP contribution in [0, 0.1) is 0 Å². The highest BCUT2D eigenvalue weighted by Crippen LogP contribution is 2.31. The second-order valence-electron chi connectivity index (χ2n) is 9.20. The number of fused-ring (bicyclic) bond motifs is 1. The standard InChI is InChI=1S/C29H34N2O4/c1-34-28-9-8-25-16-24(6-7-26(25)17-28)23-11-13-31(14-12-23)18-27(32)20-35-19-22-4-2-3-21(15-22)5-10-29(30)33/h2-10,15-17,23,27,32H,11-14,18-20H2,1H3,(H2,30,33)/b10-5+. The molecule has 1 amide bonds. The molecule has 1 heterocycles. The van der Waals surface area contributed by atoms with Crippen LogP contribution in [-0.4, -0.2) is 55.4 Å². The number of piperidine rings is 1. The van der Waals surface area contributed by atoms with E-state index in [1.165, 1.54) is 22.4 Å². The van der Waals surface area contributed by atoms with Gasteiger partial charge in [0.2, 0.25) is 5.91 Å². The molecule has 3 N–H and O–H groups in total. The first-order valence-electron chi connectivity index (χ1n) is 12.1. The van der Waals surface area contributed by atoms with Gasteiger partial charge in [0.05, 0.1) is 26.4 Å². The number of hydrogen-bond acceptors (Lipinski definition) is 5. The first-order valence-corrected chi connectivity index (χ1v) is 12.1. The number of primary amides is 1. The first-order chi connectivity index (χ1) is 17.0. The monoisotopic (exact) mass is 474 g/mol. The number of aliphatic hydroxyl groups excluding tert-OH is 1. The van der Waals surface area contributed by atoms with Crippen molar-refractivity contribution in [3.05, 3.63) is 83.4 Å². The van der Waals surface area contributed by atoms with Crippen LogP contribution in [0.5, 0.6) is 5.75 Å². The molecule has 4 rings (SSSR count). The van der Waals surface area contributed by atoms with Gasteiger partial charge in [0.1, 0.15) is 5.75 Å². The molecular weight excluding hydrogens is 440 g/mol. The highest BCUT2D eigenvalue weighted by molar-refractivity contribution is 5.90. The van der Waals surface area contributed by atoms with E-state index in [0.717, 1.165) is 42.8 Å². The predicted molar refractivity (Wildman–Crippen MR) is 139 cm³/mol. The van der Waals surface area contributed by atoms with Crippen LogP contribution in [0.1, 0.15) is 35.4 Å². The van der Waals surface area contributed by atoms with Gasteiger partial charge in [-0.25, -0.2) is 0 Å². The van der Waals surface area contributed by atoms with E-state index < -0.39 is 12.0 Å². The van der Waals surface area contributed by atoms with Crippen LogP contribution in [0.25, 0.3) is 16.8 Å². The SMILES string of the molecule is COc1ccc2cc(C3CCN(CC(O)COCc4cccc(/C=C/C(N)=O)c4)CC3)ccc2c1. The van der Waals surface area contributed by atoms with Gasteiger partial charge in [-0.2, -0.15) is 0 Å². The van der Waals surface area contributed by atoms with Gasteiger partial charge in [-0.15, -0.1) is 0 Å². The van der Waals surface area contributed by atoms with E-state index in [2.05, 4.69) is 35.2 Å². The summed E-state index contributed by atoms with van der Waals surface area (Å²) in [7, 11) is 1.69. The fraction of sp³-hybridized carbons (Fsp3) is 0.345. The van der Waals surface area contributed by atoms with Crippen molar-refractivity contribution < 1.29 is 19.4 Å². The van der Waals surface area contributed by atoms with Crippen LogP contribution < -0.4 is 10.5 Å². The third-order valence-corrected chi connectivity index (χ3v) is 6.57. The van der Waals surface area contributed by atoms with Gasteiger partial charge in [0.25, 0.3) is 0 Å². The normalized spacial score (nSPS) is 16.1. The minimum Gasteiger partial charge on any atom is -0.497 e. The van der Waals surface area contributed by atoms with Crippen molar-refractivity contribution in [2.24, 2.45) is 5.73 Å². The van der Waals surface area contributed by atoms with Crippen LogP contribution in [0.2, 0.25) is 0 Å². The highest BCUT2D eigenvalue weighted by atomic mass is 16.5. The fourth-order valence-corrected chi connectivity index (χ4v) is 4.70. The third kappa shape index (κ3) is 7.15. The van der Waals surface area contributed by atoms with E-state index >= 15 is 0 Å². The maximum Gasteiger partial charge on any atom is 0.241 e. The molecule has 1 unspecified atom stereocenters. The van der Waals surface area contributed by atoms with E-state index in [1.807, 2.05) is 30.3 Å². The number of nitrogens with zero attached hydrogens (tertiary/aromatic N) is 1. The Kier molecular flexibility index (Phi) is 8.53. The molecule has 184 valence electrons. The number of methoxy groups -OCH3 is 1.